The quantitative estimate of drug-likeness (QED) is 0.829. The summed E-state index contributed by atoms with van der Waals surface area (Å²) < 4.78 is 14.5. The van der Waals surface area contributed by atoms with Crippen LogP contribution in [0.3, 0.4) is 0 Å². The van der Waals surface area contributed by atoms with Gasteiger partial charge in [0.05, 0.1) is 0 Å². The average Bonchev–Trinajstić information content (AvgIpc) is 2.29. The fraction of sp³-hybridized carbons (Fsp3) is 0.333. The van der Waals surface area contributed by atoms with E-state index in [2.05, 4.69) is 21.2 Å². The van der Waals surface area contributed by atoms with Crippen molar-refractivity contribution >= 4 is 27.7 Å². The van der Waals surface area contributed by atoms with Crippen LogP contribution in [-0.2, 0) is 15.0 Å². The van der Waals surface area contributed by atoms with Crippen LogP contribution in [0.5, 0.6) is 0 Å². The van der Waals surface area contributed by atoms with E-state index in [9.17, 15) is 14.0 Å². The summed E-state index contributed by atoms with van der Waals surface area (Å²) in [4.78, 5) is 21.7. The summed E-state index contributed by atoms with van der Waals surface area (Å²) >= 11 is 3.26. The molecule has 0 atom stereocenters. The van der Waals surface area contributed by atoms with Crippen LogP contribution >= 0.6 is 15.9 Å². The van der Waals surface area contributed by atoms with Gasteiger partial charge in [0, 0.05) is 16.4 Å². The number of hydrogen-bond acceptors (Lipinski definition) is 2. The van der Waals surface area contributed by atoms with Crippen molar-refractivity contribution in [2.24, 2.45) is 5.73 Å². The van der Waals surface area contributed by atoms with E-state index in [1.807, 2.05) is 0 Å². The number of primary amides is 1. The van der Waals surface area contributed by atoms with Crippen LogP contribution in [0.25, 0.3) is 0 Å². The molecule has 1 aromatic carbocycles. The summed E-state index contributed by atoms with van der Waals surface area (Å²) in [5.41, 5.74) is 4.62. The van der Waals surface area contributed by atoms with E-state index in [0.29, 0.717) is 5.56 Å². The number of nitrogens with one attached hydrogen (secondary N) is 1. The molecule has 0 bridgehead atoms. The molecule has 0 saturated heterocycles. The van der Waals surface area contributed by atoms with E-state index in [1.54, 1.807) is 26.0 Å². The van der Waals surface area contributed by atoms with E-state index in [-0.39, 0.29) is 12.4 Å². The van der Waals surface area contributed by atoms with Crippen LogP contribution in [-0.4, -0.2) is 18.4 Å². The van der Waals surface area contributed by atoms with E-state index in [4.69, 9.17) is 5.73 Å². The maximum absolute atomic E-state index is 13.7. The van der Waals surface area contributed by atoms with Crippen molar-refractivity contribution in [1.29, 1.82) is 0 Å². The Morgan fingerprint density at radius 3 is 2.61 bits per heavy atom. The molecule has 1 aromatic rings. The van der Waals surface area contributed by atoms with Crippen LogP contribution < -0.4 is 11.1 Å². The molecule has 0 saturated carbocycles. The zero-order valence-corrected chi connectivity index (χ0v) is 11.7. The fourth-order valence-electron chi connectivity index (χ4n) is 1.50. The van der Waals surface area contributed by atoms with Crippen molar-refractivity contribution in [3.8, 4) is 0 Å². The summed E-state index contributed by atoms with van der Waals surface area (Å²) in [7, 11) is 0. The van der Waals surface area contributed by atoms with Gasteiger partial charge in [0.1, 0.15) is 5.82 Å². The Hall–Kier alpha value is -1.43. The van der Waals surface area contributed by atoms with Crippen LogP contribution in [0.4, 0.5) is 4.39 Å². The number of amides is 2. The number of halogens is 2. The molecule has 0 heterocycles. The molecular formula is C12H14BrFN2O2. The first-order chi connectivity index (χ1) is 8.24. The first kappa shape index (κ1) is 14.6. The summed E-state index contributed by atoms with van der Waals surface area (Å²) in [5.74, 6) is -2.30. The van der Waals surface area contributed by atoms with Gasteiger partial charge in [-0.3, -0.25) is 9.59 Å². The van der Waals surface area contributed by atoms with Crippen molar-refractivity contribution in [1.82, 2.24) is 5.32 Å². The molecule has 0 aromatic heterocycles. The highest BCUT2D eigenvalue weighted by Gasteiger charge is 2.25. The van der Waals surface area contributed by atoms with Gasteiger partial charge in [0.25, 0.3) is 0 Å². The SMILES string of the molecule is CC(C)(CNC(=O)C(N)=O)c1cc(Br)ccc1F. The Labute approximate surface area is 113 Å². The first-order valence-corrected chi connectivity index (χ1v) is 6.06. The highest BCUT2D eigenvalue weighted by molar-refractivity contribution is 9.10. The molecule has 0 aliphatic rings. The number of hydrogen-bond donors (Lipinski definition) is 2. The predicted molar refractivity (Wildman–Crippen MR) is 69.3 cm³/mol. The molecule has 4 nitrogen and oxygen atoms in total. The Balaban J connectivity index is 2.89. The summed E-state index contributed by atoms with van der Waals surface area (Å²) in [6, 6.07) is 4.58. The largest absolute Gasteiger partial charge is 0.361 e. The normalized spacial score (nSPS) is 11.1. The highest BCUT2D eigenvalue weighted by atomic mass is 79.9. The van der Waals surface area contributed by atoms with E-state index in [1.165, 1.54) is 6.07 Å². The molecule has 0 radical (unpaired) electrons. The first-order valence-electron chi connectivity index (χ1n) is 5.27. The zero-order chi connectivity index (χ0) is 13.9. The molecule has 0 unspecified atom stereocenters. The fourth-order valence-corrected chi connectivity index (χ4v) is 1.86. The Morgan fingerprint density at radius 1 is 1.44 bits per heavy atom. The molecule has 0 fully saturated rings. The second kappa shape index (κ2) is 5.48. The van der Waals surface area contributed by atoms with Crippen molar-refractivity contribution in [3.05, 3.63) is 34.1 Å². The average molecular weight is 317 g/mol. The Morgan fingerprint density at radius 2 is 2.06 bits per heavy atom. The third-order valence-electron chi connectivity index (χ3n) is 2.57. The highest BCUT2D eigenvalue weighted by Crippen LogP contribution is 2.27. The lowest BCUT2D eigenvalue weighted by Gasteiger charge is -2.26. The van der Waals surface area contributed by atoms with Crippen LogP contribution in [0.2, 0.25) is 0 Å². The molecule has 0 aliphatic carbocycles. The second-order valence-corrected chi connectivity index (χ2v) is 5.47. The Bertz CT molecular complexity index is 489. The minimum absolute atomic E-state index is 0.113. The van der Waals surface area contributed by atoms with Gasteiger partial charge >= 0.3 is 11.8 Å². The lowest BCUT2D eigenvalue weighted by Crippen LogP contribution is -2.42. The molecular weight excluding hydrogens is 303 g/mol. The lowest BCUT2D eigenvalue weighted by molar-refractivity contribution is -0.137. The van der Waals surface area contributed by atoms with Crippen LogP contribution in [0, 0.1) is 5.82 Å². The molecule has 18 heavy (non-hydrogen) atoms. The van der Waals surface area contributed by atoms with Crippen LogP contribution in [0.1, 0.15) is 19.4 Å². The van der Waals surface area contributed by atoms with Gasteiger partial charge in [0.15, 0.2) is 0 Å². The second-order valence-electron chi connectivity index (χ2n) is 4.55. The maximum Gasteiger partial charge on any atom is 0.309 e. The maximum atomic E-state index is 13.7. The third kappa shape index (κ3) is 3.53. The summed E-state index contributed by atoms with van der Waals surface area (Å²) in [5, 5.41) is 2.37. The molecule has 2 amide bonds. The van der Waals surface area contributed by atoms with E-state index in [0.717, 1.165) is 4.47 Å². The number of benzene rings is 1. The minimum Gasteiger partial charge on any atom is -0.361 e. The van der Waals surface area contributed by atoms with Gasteiger partial charge in [-0.05, 0) is 23.8 Å². The van der Waals surface area contributed by atoms with Crippen molar-refractivity contribution in [3.63, 3.8) is 0 Å². The lowest BCUT2D eigenvalue weighted by atomic mass is 9.84. The minimum atomic E-state index is -1.06. The molecule has 98 valence electrons. The van der Waals surface area contributed by atoms with Crippen molar-refractivity contribution in [2.45, 2.75) is 19.3 Å². The Kier molecular flexibility index (Phi) is 4.45. The molecule has 6 heteroatoms. The number of carbonyl (C=O) groups is 2. The predicted octanol–water partition coefficient (Wildman–Crippen LogP) is 1.47. The number of nitrogens with two attached hydrogens (primary N) is 1. The zero-order valence-electron chi connectivity index (χ0n) is 10.1. The van der Waals surface area contributed by atoms with E-state index >= 15 is 0 Å². The monoisotopic (exact) mass is 316 g/mol. The molecule has 3 N–H and O–H groups in total. The van der Waals surface area contributed by atoms with Crippen molar-refractivity contribution < 1.29 is 14.0 Å². The molecule has 1 rings (SSSR count). The van der Waals surface area contributed by atoms with Gasteiger partial charge in [0.2, 0.25) is 0 Å². The standard InChI is InChI=1S/C12H14BrFN2O2/c1-12(2,6-16-11(18)10(15)17)8-5-7(13)3-4-9(8)14/h3-5H,6H2,1-2H3,(H2,15,17)(H,16,18). The van der Waals surface area contributed by atoms with Crippen molar-refractivity contribution in [2.75, 3.05) is 6.54 Å². The smallest absolute Gasteiger partial charge is 0.309 e. The van der Waals surface area contributed by atoms with Gasteiger partial charge in [-0.1, -0.05) is 29.8 Å². The summed E-state index contributed by atoms with van der Waals surface area (Å²) in [6.45, 7) is 3.64. The van der Waals surface area contributed by atoms with Gasteiger partial charge < -0.3 is 11.1 Å². The van der Waals surface area contributed by atoms with Gasteiger partial charge in [-0.15, -0.1) is 0 Å². The topological polar surface area (TPSA) is 72.2 Å². The molecule has 0 spiro atoms. The van der Waals surface area contributed by atoms with Gasteiger partial charge in [-0.2, -0.15) is 0 Å². The number of rotatable bonds is 3. The number of carbonyl (C=O) groups excluding carboxylic acids is 2. The third-order valence-corrected chi connectivity index (χ3v) is 3.07. The van der Waals surface area contributed by atoms with E-state index < -0.39 is 17.2 Å². The summed E-state index contributed by atoms with van der Waals surface area (Å²) in [6.07, 6.45) is 0. The molecule has 0 aliphatic heterocycles. The van der Waals surface area contributed by atoms with Gasteiger partial charge in [-0.25, -0.2) is 4.39 Å². The van der Waals surface area contributed by atoms with Crippen LogP contribution in [0.15, 0.2) is 22.7 Å².